The van der Waals surface area contributed by atoms with Crippen LogP contribution in [0, 0.1) is 0 Å². The van der Waals surface area contributed by atoms with Crippen LogP contribution in [0.2, 0.25) is 0 Å². The summed E-state index contributed by atoms with van der Waals surface area (Å²) in [7, 11) is 0. The minimum atomic E-state index is -0.286. The first-order chi connectivity index (χ1) is 13.6. The summed E-state index contributed by atoms with van der Waals surface area (Å²) in [5.74, 6) is -0.0643. The number of benzene rings is 2. The zero-order chi connectivity index (χ0) is 19.5. The number of thiazole rings is 1. The van der Waals surface area contributed by atoms with E-state index in [1.54, 1.807) is 0 Å². The first-order valence-corrected chi connectivity index (χ1v) is 10.2. The van der Waals surface area contributed by atoms with Gasteiger partial charge >= 0.3 is 4.87 Å². The average Bonchev–Trinajstić information content (AvgIpc) is 3.25. The monoisotopic (exact) mass is 397 g/mol. The van der Waals surface area contributed by atoms with Crippen LogP contribution in [-0.4, -0.2) is 46.6 Å². The Bertz CT molecular complexity index is 1010. The molecule has 0 aliphatic carbocycles. The maximum Gasteiger partial charge on any atom is 0.305 e. The van der Waals surface area contributed by atoms with Crippen molar-refractivity contribution in [3.63, 3.8) is 0 Å². The number of H-pyrrole nitrogens is 1. The van der Waals surface area contributed by atoms with Crippen LogP contribution in [0.15, 0.2) is 53.3 Å². The summed E-state index contributed by atoms with van der Waals surface area (Å²) in [4.78, 5) is 29.1. The zero-order valence-corrected chi connectivity index (χ0v) is 16.2. The van der Waals surface area contributed by atoms with Crippen molar-refractivity contribution in [1.82, 2.24) is 15.2 Å². The van der Waals surface area contributed by atoms with Crippen molar-refractivity contribution in [2.24, 2.45) is 0 Å². The van der Waals surface area contributed by atoms with E-state index in [-0.39, 0.29) is 29.3 Å². The number of hydrogen-bond donors (Lipinski definition) is 3. The van der Waals surface area contributed by atoms with Gasteiger partial charge in [0, 0.05) is 19.6 Å². The Hall–Kier alpha value is -2.48. The van der Waals surface area contributed by atoms with E-state index >= 15 is 0 Å². The molecule has 0 spiro atoms. The molecule has 4 rings (SSSR count). The molecule has 1 aliphatic heterocycles. The fourth-order valence-corrected chi connectivity index (χ4v) is 4.41. The number of aliphatic hydroxyl groups is 1. The number of aliphatic hydroxyl groups excluding tert-OH is 1. The molecule has 0 radical (unpaired) electrons. The van der Waals surface area contributed by atoms with Crippen LogP contribution in [-0.2, 0) is 11.2 Å². The molecule has 2 aromatic carbocycles. The number of rotatable bonds is 6. The highest BCUT2D eigenvalue weighted by Gasteiger charge is 2.24. The highest BCUT2D eigenvalue weighted by molar-refractivity contribution is 7.16. The Labute approximate surface area is 166 Å². The molecule has 1 aliphatic rings. The van der Waals surface area contributed by atoms with Gasteiger partial charge in [-0.05, 0) is 29.7 Å². The molecule has 7 heteroatoms. The molecule has 1 amide bonds. The maximum atomic E-state index is 12.7. The molecule has 1 fully saturated rings. The number of β-amino-alcohol motifs (C(OH)–C–C–N with tert-alkyl or cyclic N) is 1. The molecular weight excluding hydrogens is 374 g/mol. The Morgan fingerprint density at radius 3 is 2.86 bits per heavy atom. The van der Waals surface area contributed by atoms with Crippen molar-refractivity contribution in [1.29, 1.82) is 0 Å². The third-order valence-electron chi connectivity index (χ3n) is 5.07. The zero-order valence-electron chi connectivity index (χ0n) is 15.4. The lowest BCUT2D eigenvalue weighted by Crippen LogP contribution is -2.38. The lowest BCUT2D eigenvalue weighted by atomic mass is 10.1. The van der Waals surface area contributed by atoms with E-state index in [9.17, 15) is 14.7 Å². The lowest BCUT2D eigenvalue weighted by Gasteiger charge is -2.25. The highest BCUT2D eigenvalue weighted by Crippen LogP contribution is 2.19. The van der Waals surface area contributed by atoms with Gasteiger partial charge in [-0.15, -0.1) is 0 Å². The molecule has 0 unspecified atom stereocenters. The number of nitrogens with one attached hydrogen (secondary N) is 2. The van der Waals surface area contributed by atoms with Gasteiger partial charge in [-0.3, -0.25) is 14.5 Å². The molecule has 3 aromatic rings. The number of likely N-dealkylation sites (tertiary alicyclic amines) is 1. The van der Waals surface area contributed by atoms with Gasteiger partial charge < -0.3 is 15.4 Å². The lowest BCUT2D eigenvalue weighted by molar-refractivity contribution is -0.121. The summed E-state index contributed by atoms with van der Waals surface area (Å²) in [5.41, 5.74) is 2.68. The van der Waals surface area contributed by atoms with Gasteiger partial charge in [-0.2, -0.15) is 0 Å². The second-order valence-electron chi connectivity index (χ2n) is 7.25. The number of fused-ring (bicyclic) bond motifs is 1. The second kappa shape index (κ2) is 8.26. The Morgan fingerprint density at radius 2 is 2.11 bits per heavy atom. The average molecular weight is 398 g/mol. The number of hydrogen-bond acceptors (Lipinski definition) is 5. The fraction of sp³-hybridized carbons (Fsp3) is 0.333. The third-order valence-corrected chi connectivity index (χ3v) is 5.94. The number of aromatic nitrogens is 1. The van der Waals surface area contributed by atoms with Crippen LogP contribution in [0.25, 0.3) is 10.2 Å². The molecule has 2 atom stereocenters. The van der Waals surface area contributed by atoms with Crippen molar-refractivity contribution in [2.75, 3.05) is 19.6 Å². The summed E-state index contributed by atoms with van der Waals surface area (Å²) in [6.45, 7) is 2.15. The van der Waals surface area contributed by atoms with Crippen LogP contribution in [0.1, 0.15) is 23.6 Å². The molecule has 6 nitrogen and oxygen atoms in total. The van der Waals surface area contributed by atoms with Crippen molar-refractivity contribution in [3.8, 4) is 0 Å². The summed E-state index contributed by atoms with van der Waals surface area (Å²) in [6, 6.07) is 15.4. The van der Waals surface area contributed by atoms with Crippen LogP contribution >= 0.6 is 11.3 Å². The molecule has 0 bridgehead atoms. The molecule has 1 aromatic heterocycles. The molecule has 1 saturated heterocycles. The predicted molar refractivity (Wildman–Crippen MR) is 111 cm³/mol. The number of amides is 1. The van der Waals surface area contributed by atoms with Crippen LogP contribution in [0.4, 0.5) is 0 Å². The van der Waals surface area contributed by atoms with Crippen LogP contribution in [0.3, 0.4) is 0 Å². The smallest absolute Gasteiger partial charge is 0.305 e. The topological polar surface area (TPSA) is 85.4 Å². The quantitative estimate of drug-likeness (QED) is 0.594. The van der Waals surface area contributed by atoms with Crippen molar-refractivity contribution in [3.05, 3.63) is 69.3 Å². The largest absolute Gasteiger partial charge is 0.392 e. The Morgan fingerprint density at radius 1 is 1.29 bits per heavy atom. The number of aromatic amines is 1. The predicted octanol–water partition coefficient (Wildman–Crippen LogP) is 2.06. The molecule has 146 valence electrons. The molecule has 3 N–H and O–H groups in total. The minimum absolute atomic E-state index is 0.0643. The summed E-state index contributed by atoms with van der Waals surface area (Å²) in [5, 5.41) is 12.9. The van der Waals surface area contributed by atoms with Gasteiger partial charge in [0.25, 0.3) is 0 Å². The number of nitrogens with zero attached hydrogens (tertiary/aromatic N) is 1. The summed E-state index contributed by atoms with van der Waals surface area (Å²) < 4.78 is 0.893. The van der Waals surface area contributed by atoms with Gasteiger partial charge in [0.2, 0.25) is 5.91 Å². The second-order valence-corrected chi connectivity index (χ2v) is 8.27. The van der Waals surface area contributed by atoms with E-state index in [0.29, 0.717) is 13.1 Å². The molecule has 28 heavy (non-hydrogen) atoms. The minimum Gasteiger partial charge on any atom is -0.392 e. The van der Waals surface area contributed by atoms with Crippen molar-refractivity contribution in [2.45, 2.75) is 25.0 Å². The van der Waals surface area contributed by atoms with E-state index in [0.717, 1.165) is 34.3 Å². The fourth-order valence-electron chi connectivity index (χ4n) is 3.70. The highest BCUT2D eigenvalue weighted by atomic mass is 32.1. The maximum absolute atomic E-state index is 12.7. The van der Waals surface area contributed by atoms with E-state index in [4.69, 9.17) is 0 Å². The van der Waals surface area contributed by atoms with Gasteiger partial charge in [0.1, 0.15) is 0 Å². The summed E-state index contributed by atoms with van der Waals surface area (Å²) >= 11 is 1.17. The normalized spacial score (nSPS) is 18.4. The Kier molecular flexibility index (Phi) is 5.57. The van der Waals surface area contributed by atoms with E-state index in [1.807, 2.05) is 48.5 Å². The number of carbonyl (C=O) groups excluding carboxylic acids is 1. The van der Waals surface area contributed by atoms with Gasteiger partial charge in [0.05, 0.1) is 28.8 Å². The summed E-state index contributed by atoms with van der Waals surface area (Å²) in [6.07, 6.45) is 0.736. The first kappa shape index (κ1) is 18.9. The standard InChI is InChI=1S/C21H23N3O3S/c25-16-8-9-24(12-16)13-18(15-4-2-1-3-5-15)22-20(26)11-14-6-7-19-17(10-14)23-21(27)28-19/h1-7,10,16,18,25H,8-9,11-13H2,(H,22,26)(H,23,27)/t16-,18+/m0/s1. The molecule has 2 heterocycles. The van der Waals surface area contributed by atoms with Gasteiger partial charge in [-0.25, -0.2) is 0 Å². The van der Waals surface area contributed by atoms with Gasteiger partial charge in [-0.1, -0.05) is 47.7 Å². The number of carbonyl (C=O) groups is 1. The third kappa shape index (κ3) is 4.49. The van der Waals surface area contributed by atoms with Gasteiger partial charge in [0.15, 0.2) is 0 Å². The van der Waals surface area contributed by atoms with E-state index in [1.165, 1.54) is 11.3 Å². The van der Waals surface area contributed by atoms with E-state index < -0.39 is 0 Å². The first-order valence-electron chi connectivity index (χ1n) is 9.43. The SMILES string of the molecule is O=C(Cc1ccc2sc(=O)[nH]c2c1)N[C@H](CN1CC[C@H](O)C1)c1ccccc1. The molecule has 0 saturated carbocycles. The molecular formula is C21H23N3O3S. The van der Waals surface area contributed by atoms with E-state index in [2.05, 4.69) is 15.2 Å². The van der Waals surface area contributed by atoms with Crippen molar-refractivity contribution >= 4 is 27.5 Å². The van der Waals surface area contributed by atoms with Crippen LogP contribution in [0.5, 0.6) is 0 Å². The van der Waals surface area contributed by atoms with Crippen LogP contribution < -0.4 is 10.2 Å². The van der Waals surface area contributed by atoms with Crippen molar-refractivity contribution < 1.29 is 9.90 Å². The Balaban J connectivity index is 1.46.